The van der Waals surface area contributed by atoms with Gasteiger partial charge in [0, 0.05) is 16.7 Å². The molecule has 0 saturated carbocycles. The van der Waals surface area contributed by atoms with Crippen LogP contribution in [0.5, 0.6) is 23.0 Å². The molecule has 0 amide bonds. The van der Waals surface area contributed by atoms with Crippen LogP contribution < -0.4 is 28.7 Å². The van der Waals surface area contributed by atoms with Crippen molar-refractivity contribution >= 4 is 37.3 Å². The van der Waals surface area contributed by atoms with Crippen molar-refractivity contribution in [2.75, 3.05) is 0 Å². The lowest BCUT2D eigenvalue weighted by molar-refractivity contribution is 0.497. The van der Waals surface area contributed by atoms with Crippen molar-refractivity contribution in [3.8, 4) is 45.3 Å². The van der Waals surface area contributed by atoms with Gasteiger partial charge in [0.1, 0.15) is 23.0 Å². The third kappa shape index (κ3) is 5.68. The first-order valence-corrected chi connectivity index (χ1v) is 17.6. The van der Waals surface area contributed by atoms with Crippen molar-refractivity contribution in [2.45, 2.75) is 0 Å². The molecule has 0 bridgehead atoms. The number of hydrogen-bond donors (Lipinski definition) is 0. The van der Waals surface area contributed by atoms with Crippen LogP contribution in [0.2, 0.25) is 0 Å². The second-order valence-electron chi connectivity index (χ2n) is 9.77. The SMILES string of the molecule is S=P1(Oc2ccccc2)Oc2ccccc2-c2ccccc21.c1ccc(OP2Oc3ccccc3-c3ccccc32)cc1. The van der Waals surface area contributed by atoms with Crippen molar-refractivity contribution in [1.82, 2.24) is 0 Å². The number of rotatable bonds is 4. The van der Waals surface area contributed by atoms with E-state index in [1.54, 1.807) is 0 Å². The normalized spacial score (nSPS) is 17.2. The summed E-state index contributed by atoms with van der Waals surface area (Å²) >= 11 is 5.83. The Morgan fingerprint density at radius 2 is 1.00 bits per heavy atom. The van der Waals surface area contributed by atoms with Crippen LogP contribution in [0.25, 0.3) is 22.3 Å². The monoisotopic (exact) mass is 616 g/mol. The van der Waals surface area contributed by atoms with Crippen LogP contribution >= 0.6 is 14.9 Å². The highest BCUT2D eigenvalue weighted by Gasteiger charge is 2.34. The summed E-state index contributed by atoms with van der Waals surface area (Å²) < 4.78 is 24.5. The van der Waals surface area contributed by atoms with E-state index in [1.165, 1.54) is 5.56 Å². The van der Waals surface area contributed by atoms with Crippen molar-refractivity contribution in [2.24, 2.45) is 0 Å². The largest absolute Gasteiger partial charge is 0.435 e. The molecular weight excluding hydrogens is 590 g/mol. The van der Waals surface area contributed by atoms with Crippen molar-refractivity contribution in [3.63, 3.8) is 0 Å². The summed E-state index contributed by atoms with van der Waals surface area (Å²) in [5, 5.41) is 2.09. The van der Waals surface area contributed by atoms with Crippen LogP contribution in [0.4, 0.5) is 0 Å². The molecule has 0 aliphatic carbocycles. The molecule has 210 valence electrons. The zero-order chi connectivity index (χ0) is 29.1. The van der Waals surface area contributed by atoms with E-state index in [0.29, 0.717) is 0 Å². The van der Waals surface area contributed by atoms with E-state index in [4.69, 9.17) is 29.9 Å². The molecule has 2 aliphatic heterocycles. The molecule has 0 N–H and O–H groups in total. The van der Waals surface area contributed by atoms with Gasteiger partial charge in [-0.15, -0.1) is 0 Å². The second-order valence-corrected chi connectivity index (χ2v) is 14.4. The van der Waals surface area contributed by atoms with E-state index in [0.717, 1.165) is 50.3 Å². The van der Waals surface area contributed by atoms with Crippen LogP contribution in [-0.2, 0) is 11.8 Å². The van der Waals surface area contributed by atoms with Gasteiger partial charge >= 0.3 is 14.9 Å². The highest BCUT2D eigenvalue weighted by molar-refractivity contribution is 8.14. The molecule has 8 rings (SSSR count). The van der Waals surface area contributed by atoms with Gasteiger partial charge in [-0.3, -0.25) is 0 Å². The first-order valence-electron chi connectivity index (χ1n) is 13.8. The first kappa shape index (κ1) is 27.4. The molecule has 6 aromatic carbocycles. The molecule has 2 heterocycles. The van der Waals surface area contributed by atoms with Crippen molar-refractivity contribution in [1.29, 1.82) is 0 Å². The van der Waals surface area contributed by atoms with E-state index in [2.05, 4.69) is 36.4 Å². The molecule has 2 atom stereocenters. The van der Waals surface area contributed by atoms with E-state index in [9.17, 15) is 0 Å². The van der Waals surface area contributed by atoms with Gasteiger partial charge in [-0.2, -0.15) is 0 Å². The summed E-state index contributed by atoms with van der Waals surface area (Å²) in [6, 6.07) is 51.9. The number of para-hydroxylation sites is 4. The van der Waals surface area contributed by atoms with Gasteiger partial charge in [0.25, 0.3) is 0 Å². The standard InChI is InChI=1S/C18H13O2PS.C18H13O2P/c22-21(19-14-8-2-1-3-9-14)18-13-7-5-11-16(18)15-10-4-6-12-17(15)20-21;1-2-8-14(9-3-1)19-21-18-13-7-5-11-16(18)15-10-4-6-12-17(15)20-21/h1-13H;1-13H. The van der Waals surface area contributed by atoms with Gasteiger partial charge in [0.05, 0.1) is 10.6 Å². The maximum absolute atomic E-state index is 6.15. The van der Waals surface area contributed by atoms with Gasteiger partial charge < -0.3 is 18.1 Å². The van der Waals surface area contributed by atoms with Crippen molar-refractivity contribution in [3.05, 3.63) is 158 Å². The molecule has 0 aromatic heterocycles. The fourth-order valence-electron chi connectivity index (χ4n) is 4.99. The Bertz CT molecular complexity index is 1920. The Balaban J connectivity index is 0.000000140. The Morgan fingerprint density at radius 3 is 1.72 bits per heavy atom. The van der Waals surface area contributed by atoms with Crippen LogP contribution in [0, 0.1) is 0 Å². The summed E-state index contributed by atoms with van der Waals surface area (Å²) in [5.74, 6) is 3.25. The molecule has 0 saturated heterocycles. The van der Waals surface area contributed by atoms with Gasteiger partial charge in [-0.05, 0) is 65.9 Å². The van der Waals surface area contributed by atoms with Gasteiger partial charge in [0.2, 0.25) is 0 Å². The maximum atomic E-state index is 6.15. The predicted molar refractivity (Wildman–Crippen MR) is 180 cm³/mol. The summed E-state index contributed by atoms with van der Waals surface area (Å²) in [6.45, 7) is -2.62. The molecule has 0 spiro atoms. The Morgan fingerprint density at radius 1 is 0.488 bits per heavy atom. The van der Waals surface area contributed by atoms with Crippen LogP contribution in [-0.4, -0.2) is 0 Å². The summed E-state index contributed by atoms with van der Waals surface area (Å²) in [6.07, 6.45) is 0. The predicted octanol–water partition coefficient (Wildman–Crippen LogP) is 9.52. The van der Waals surface area contributed by atoms with Crippen LogP contribution in [0.15, 0.2) is 158 Å². The summed E-state index contributed by atoms with van der Waals surface area (Å²) in [5.41, 5.74) is 4.49. The fraction of sp³-hybridized carbons (Fsp3) is 0. The lowest BCUT2D eigenvalue weighted by Crippen LogP contribution is -2.20. The molecule has 4 nitrogen and oxygen atoms in total. The van der Waals surface area contributed by atoms with E-state index in [1.807, 2.05) is 121 Å². The minimum Gasteiger partial charge on any atom is -0.435 e. The maximum Gasteiger partial charge on any atom is 0.326 e. The van der Waals surface area contributed by atoms with Crippen LogP contribution in [0.1, 0.15) is 0 Å². The minimum absolute atomic E-state index is 0.736. The fourth-order valence-corrected chi connectivity index (χ4v) is 9.26. The zero-order valence-electron chi connectivity index (χ0n) is 22.9. The summed E-state index contributed by atoms with van der Waals surface area (Å²) in [7, 11) is -1.15. The lowest BCUT2D eigenvalue weighted by Gasteiger charge is -2.31. The Labute approximate surface area is 257 Å². The van der Waals surface area contributed by atoms with Gasteiger partial charge in [-0.1, -0.05) is 109 Å². The molecule has 43 heavy (non-hydrogen) atoms. The molecule has 0 radical (unpaired) electrons. The van der Waals surface area contributed by atoms with Gasteiger partial charge in [-0.25, -0.2) is 0 Å². The Hall–Kier alpha value is -4.40. The average Bonchev–Trinajstić information content (AvgIpc) is 3.06. The van der Waals surface area contributed by atoms with E-state index in [-0.39, 0.29) is 0 Å². The second kappa shape index (κ2) is 12.1. The quantitative estimate of drug-likeness (QED) is 0.185. The Kier molecular flexibility index (Phi) is 7.70. The number of benzene rings is 6. The first-order chi connectivity index (χ1) is 21.2. The molecule has 2 unspecified atom stereocenters. The molecule has 0 fully saturated rings. The topological polar surface area (TPSA) is 36.9 Å². The average molecular weight is 617 g/mol. The van der Waals surface area contributed by atoms with Gasteiger partial charge in [0.15, 0.2) is 0 Å². The number of hydrogen-bond acceptors (Lipinski definition) is 5. The zero-order valence-corrected chi connectivity index (χ0v) is 25.6. The molecule has 7 heteroatoms. The highest BCUT2D eigenvalue weighted by atomic mass is 32.5. The smallest absolute Gasteiger partial charge is 0.326 e. The highest BCUT2D eigenvalue weighted by Crippen LogP contribution is 2.55. The number of fused-ring (bicyclic) bond motifs is 6. The molecular formula is C36H26O4P2S. The summed E-state index contributed by atoms with van der Waals surface area (Å²) in [4.78, 5) is 0. The molecule has 6 aromatic rings. The van der Waals surface area contributed by atoms with Crippen molar-refractivity contribution < 1.29 is 18.1 Å². The third-order valence-electron chi connectivity index (χ3n) is 6.95. The molecule has 2 aliphatic rings. The van der Waals surface area contributed by atoms with E-state index >= 15 is 0 Å². The van der Waals surface area contributed by atoms with E-state index < -0.39 is 14.9 Å². The lowest BCUT2D eigenvalue weighted by atomic mass is 10.0. The third-order valence-corrected chi connectivity index (χ3v) is 11.4. The van der Waals surface area contributed by atoms with Crippen LogP contribution in [0.3, 0.4) is 0 Å². The minimum atomic E-state index is -2.62.